The van der Waals surface area contributed by atoms with Gasteiger partial charge >= 0.3 is 0 Å². The maximum atomic E-state index is 13.8. The molecule has 0 spiro atoms. The second kappa shape index (κ2) is 4.43. The van der Waals surface area contributed by atoms with E-state index in [9.17, 15) is 9.18 Å². The van der Waals surface area contributed by atoms with Crippen molar-refractivity contribution in [2.24, 2.45) is 28.6 Å². The summed E-state index contributed by atoms with van der Waals surface area (Å²) in [5, 5.41) is 0. The van der Waals surface area contributed by atoms with Crippen molar-refractivity contribution in [1.82, 2.24) is 0 Å². The van der Waals surface area contributed by atoms with Gasteiger partial charge in [0.2, 0.25) is 0 Å². The first-order valence-electron chi connectivity index (χ1n) is 8.82. The zero-order valence-electron chi connectivity index (χ0n) is 13.3. The van der Waals surface area contributed by atoms with Crippen molar-refractivity contribution < 1.29 is 9.18 Å². The lowest BCUT2D eigenvalue weighted by Gasteiger charge is -2.56. The summed E-state index contributed by atoms with van der Waals surface area (Å²) in [5.74, 6) is 2.45. The quantitative estimate of drug-likeness (QED) is 0.582. The standard InChI is InChI=1S/C19H27FO/c1-18-9-7-13(20)11-12(18)3-4-14-15-5-6-17(21)19(15,2)10-8-16(14)18/h3,13-16H,4-11H2,1-2H3/t13-,14?,15?,16?,18-,19-/m0/s1. The highest BCUT2D eigenvalue weighted by Crippen LogP contribution is 2.64. The van der Waals surface area contributed by atoms with Gasteiger partial charge in [0.15, 0.2) is 0 Å². The van der Waals surface area contributed by atoms with Gasteiger partial charge in [-0.1, -0.05) is 25.5 Å². The summed E-state index contributed by atoms with van der Waals surface area (Å²) in [4.78, 5) is 12.3. The summed E-state index contributed by atoms with van der Waals surface area (Å²) in [5.41, 5.74) is 1.58. The molecule has 6 atom stereocenters. The van der Waals surface area contributed by atoms with Crippen molar-refractivity contribution in [3.8, 4) is 0 Å². The highest BCUT2D eigenvalue weighted by molar-refractivity contribution is 5.87. The first-order valence-corrected chi connectivity index (χ1v) is 8.82. The van der Waals surface area contributed by atoms with E-state index in [4.69, 9.17) is 0 Å². The highest BCUT2D eigenvalue weighted by Gasteiger charge is 2.58. The zero-order valence-corrected chi connectivity index (χ0v) is 13.3. The summed E-state index contributed by atoms with van der Waals surface area (Å²) in [7, 11) is 0. The molecule has 0 aromatic rings. The minimum atomic E-state index is -0.622. The summed E-state index contributed by atoms with van der Waals surface area (Å²) < 4.78 is 13.8. The van der Waals surface area contributed by atoms with E-state index in [1.807, 2.05) is 0 Å². The molecule has 0 aromatic carbocycles. The molecule has 4 aliphatic carbocycles. The molecule has 0 aliphatic heterocycles. The van der Waals surface area contributed by atoms with Crippen molar-refractivity contribution in [2.75, 3.05) is 0 Å². The molecule has 0 heterocycles. The van der Waals surface area contributed by atoms with Gasteiger partial charge in [0, 0.05) is 18.3 Å². The van der Waals surface area contributed by atoms with Gasteiger partial charge in [0.25, 0.3) is 0 Å². The number of Topliss-reactive ketones (excluding diaryl/α,β-unsaturated/α-hetero) is 1. The Hall–Kier alpha value is -0.660. The largest absolute Gasteiger partial charge is 0.299 e. The van der Waals surface area contributed by atoms with Gasteiger partial charge in [-0.05, 0) is 61.7 Å². The van der Waals surface area contributed by atoms with Crippen molar-refractivity contribution in [3.63, 3.8) is 0 Å². The molecule has 3 fully saturated rings. The maximum Gasteiger partial charge on any atom is 0.139 e. The first kappa shape index (κ1) is 14.0. The smallest absolute Gasteiger partial charge is 0.139 e. The number of fused-ring (bicyclic) bond motifs is 5. The third kappa shape index (κ3) is 1.77. The maximum absolute atomic E-state index is 13.8. The van der Waals surface area contributed by atoms with Gasteiger partial charge in [-0.15, -0.1) is 0 Å². The molecule has 21 heavy (non-hydrogen) atoms. The summed E-state index contributed by atoms with van der Waals surface area (Å²) in [6.07, 6.45) is 9.39. The number of ketones is 1. The molecule has 0 amide bonds. The fraction of sp³-hybridized carbons (Fsp3) is 0.842. The monoisotopic (exact) mass is 290 g/mol. The van der Waals surface area contributed by atoms with Crippen molar-refractivity contribution in [1.29, 1.82) is 0 Å². The minimum absolute atomic E-state index is 0.0415. The third-order valence-electron chi connectivity index (χ3n) is 7.75. The molecule has 0 bridgehead atoms. The molecule has 0 aromatic heterocycles. The Morgan fingerprint density at radius 3 is 2.62 bits per heavy atom. The van der Waals surface area contributed by atoms with Crippen molar-refractivity contribution in [2.45, 2.75) is 71.4 Å². The average Bonchev–Trinajstić information content (AvgIpc) is 2.76. The SMILES string of the molecule is C[C@]12CC[C@H](F)CC1=CCC1C2CC[C@]2(C)C(=O)CCC12. The van der Waals surface area contributed by atoms with E-state index in [1.54, 1.807) is 0 Å². The number of hydrogen-bond donors (Lipinski definition) is 0. The lowest BCUT2D eigenvalue weighted by Crippen LogP contribution is -2.50. The van der Waals surface area contributed by atoms with E-state index >= 15 is 0 Å². The van der Waals surface area contributed by atoms with Crippen LogP contribution in [0.4, 0.5) is 4.39 Å². The van der Waals surface area contributed by atoms with E-state index in [0.29, 0.717) is 30.0 Å². The van der Waals surface area contributed by atoms with Gasteiger partial charge in [0.05, 0.1) is 0 Å². The molecule has 4 rings (SSSR count). The number of hydrogen-bond acceptors (Lipinski definition) is 1. The molecular weight excluding hydrogens is 263 g/mol. The molecule has 1 nitrogen and oxygen atoms in total. The van der Waals surface area contributed by atoms with Crippen LogP contribution < -0.4 is 0 Å². The van der Waals surface area contributed by atoms with Crippen LogP contribution in [0.5, 0.6) is 0 Å². The lowest BCUT2D eigenvalue weighted by molar-refractivity contribution is -0.131. The first-order chi connectivity index (χ1) is 9.95. The molecule has 0 N–H and O–H groups in total. The topological polar surface area (TPSA) is 17.1 Å². The van der Waals surface area contributed by atoms with Gasteiger partial charge in [-0.25, -0.2) is 4.39 Å². The molecule has 116 valence electrons. The Labute approximate surface area is 127 Å². The van der Waals surface area contributed by atoms with Gasteiger partial charge in [-0.3, -0.25) is 4.79 Å². The molecule has 3 saturated carbocycles. The summed E-state index contributed by atoms with van der Waals surface area (Å²) >= 11 is 0. The van der Waals surface area contributed by atoms with Crippen LogP contribution in [0, 0.1) is 28.6 Å². The van der Waals surface area contributed by atoms with Crippen LogP contribution in [0.2, 0.25) is 0 Å². The van der Waals surface area contributed by atoms with E-state index < -0.39 is 6.17 Å². The van der Waals surface area contributed by atoms with E-state index in [-0.39, 0.29) is 10.8 Å². The molecule has 4 aliphatic rings. The van der Waals surface area contributed by atoms with Crippen LogP contribution in [0.1, 0.15) is 65.2 Å². The number of alkyl halides is 1. The number of carbonyl (C=O) groups is 1. The van der Waals surface area contributed by atoms with Crippen LogP contribution in [0.3, 0.4) is 0 Å². The zero-order chi connectivity index (χ0) is 14.8. The molecule has 3 unspecified atom stereocenters. The Morgan fingerprint density at radius 2 is 1.81 bits per heavy atom. The third-order valence-corrected chi connectivity index (χ3v) is 7.75. The van der Waals surface area contributed by atoms with Crippen LogP contribution >= 0.6 is 0 Å². The van der Waals surface area contributed by atoms with Crippen molar-refractivity contribution >= 4 is 5.78 Å². The number of allylic oxidation sites excluding steroid dienone is 2. The fourth-order valence-corrected chi connectivity index (χ4v) is 6.39. The van der Waals surface area contributed by atoms with Gasteiger partial charge < -0.3 is 0 Å². The molecule has 0 radical (unpaired) electrons. The average molecular weight is 290 g/mol. The number of carbonyl (C=O) groups excluding carboxylic acids is 1. The van der Waals surface area contributed by atoms with E-state index in [1.165, 1.54) is 12.0 Å². The van der Waals surface area contributed by atoms with Crippen LogP contribution in [0.25, 0.3) is 0 Å². The van der Waals surface area contributed by atoms with Gasteiger partial charge in [-0.2, -0.15) is 0 Å². The van der Waals surface area contributed by atoms with Crippen molar-refractivity contribution in [3.05, 3.63) is 11.6 Å². The minimum Gasteiger partial charge on any atom is -0.299 e. The van der Waals surface area contributed by atoms with E-state index in [2.05, 4.69) is 19.9 Å². The summed E-state index contributed by atoms with van der Waals surface area (Å²) in [6, 6.07) is 0. The highest BCUT2D eigenvalue weighted by atomic mass is 19.1. The molecule has 0 saturated heterocycles. The number of halogens is 1. The van der Waals surface area contributed by atoms with Gasteiger partial charge in [0.1, 0.15) is 12.0 Å². The Balaban J connectivity index is 1.69. The number of rotatable bonds is 0. The normalized spacial score (nSPS) is 52.7. The molecular formula is C19H27FO. The van der Waals surface area contributed by atoms with Crippen LogP contribution in [-0.2, 0) is 4.79 Å². The van der Waals surface area contributed by atoms with Crippen LogP contribution in [-0.4, -0.2) is 12.0 Å². The predicted molar refractivity (Wildman–Crippen MR) is 81.6 cm³/mol. The second-order valence-electron chi connectivity index (χ2n) is 8.52. The summed E-state index contributed by atoms with van der Waals surface area (Å²) in [6.45, 7) is 4.62. The fourth-order valence-electron chi connectivity index (χ4n) is 6.39. The Kier molecular flexibility index (Phi) is 2.94. The van der Waals surface area contributed by atoms with Crippen LogP contribution in [0.15, 0.2) is 11.6 Å². The van der Waals surface area contributed by atoms with E-state index in [0.717, 1.165) is 38.5 Å². The molecule has 2 heteroatoms. The second-order valence-corrected chi connectivity index (χ2v) is 8.52. The Morgan fingerprint density at radius 1 is 1.10 bits per heavy atom. The lowest BCUT2D eigenvalue weighted by atomic mass is 9.48. The predicted octanol–water partition coefficient (Wildman–Crippen LogP) is 4.86. The Bertz CT molecular complexity index is 510.